The van der Waals surface area contributed by atoms with E-state index in [1.165, 1.54) is 0 Å². The Bertz CT molecular complexity index is 641. The fraction of sp³-hybridized carbons (Fsp3) is 0.312. The van der Waals surface area contributed by atoms with Gasteiger partial charge >= 0.3 is 0 Å². The predicted molar refractivity (Wildman–Crippen MR) is 83.1 cm³/mol. The van der Waals surface area contributed by atoms with Crippen LogP contribution in [-0.2, 0) is 0 Å². The van der Waals surface area contributed by atoms with Gasteiger partial charge in [-0.15, -0.1) is 0 Å². The van der Waals surface area contributed by atoms with Crippen LogP contribution < -0.4 is 11.1 Å². The number of amides is 1. The first-order chi connectivity index (χ1) is 9.40. The monoisotopic (exact) mass is 271 g/mol. The van der Waals surface area contributed by atoms with Gasteiger partial charge in [-0.2, -0.15) is 0 Å². The van der Waals surface area contributed by atoms with Gasteiger partial charge in [0.2, 0.25) is 0 Å². The second-order valence-electron chi connectivity index (χ2n) is 5.36. The molecule has 4 nitrogen and oxygen atoms in total. The summed E-state index contributed by atoms with van der Waals surface area (Å²) in [5, 5.41) is 2.96. The van der Waals surface area contributed by atoms with Crippen LogP contribution in [0, 0.1) is 13.8 Å². The quantitative estimate of drug-likeness (QED) is 0.897. The van der Waals surface area contributed by atoms with Crippen molar-refractivity contribution < 1.29 is 4.79 Å². The Labute approximate surface area is 119 Å². The SMILES string of the molecule is Cc1cccc(NC(=O)c2cc(N)cn2C(C)C)c1C. The third kappa shape index (κ3) is 2.69. The number of rotatable bonds is 3. The first kappa shape index (κ1) is 14.2. The molecule has 0 fully saturated rings. The highest BCUT2D eigenvalue weighted by Crippen LogP contribution is 2.21. The van der Waals surface area contributed by atoms with Crippen LogP contribution in [0.2, 0.25) is 0 Å². The molecule has 1 aromatic carbocycles. The summed E-state index contributed by atoms with van der Waals surface area (Å²) < 4.78 is 1.88. The molecule has 2 aromatic rings. The molecular formula is C16H21N3O. The van der Waals surface area contributed by atoms with Crippen molar-refractivity contribution in [3.8, 4) is 0 Å². The van der Waals surface area contributed by atoms with E-state index in [-0.39, 0.29) is 11.9 Å². The molecule has 1 aromatic heterocycles. The minimum atomic E-state index is -0.135. The van der Waals surface area contributed by atoms with Crippen LogP contribution in [-0.4, -0.2) is 10.5 Å². The summed E-state index contributed by atoms with van der Waals surface area (Å²) in [5.41, 5.74) is 10.1. The summed E-state index contributed by atoms with van der Waals surface area (Å²) in [5.74, 6) is -0.135. The molecule has 0 saturated heterocycles. The Kier molecular flexibility index (Phi) is 3.84. The van der Waals surface area contributed by atoms with Gasteiger partial charge in [-0.25, -0.2) is 0 Å². The van der Waals surface area contributed by atoms with Crippen molar-refractivity contribution in [2.75, 3.05) is 11.1 Å². The van der Waals surface area contributed by atoms with Gasteiger partial charge in [0.1, 0.15) is 5.69 Å². The Morgan fingerprint density at radius 2 is 2.00 bits per heavy atom. The van der Waals surface area contributed by atoms with Gasteiger partial charge in [-0.05, 0) is 51.0 Å². The standard InChI is InChI=1S/C16H21N3O/c1-10(2)19-9-13(17)8-15(19)16(20)18-14-7-5-6-11(3)12(14)4/h5-10H,17H2,1-4H3,(H,18,20). The van der Waals surface area contributed by atoms with Crippen molar-refractivity contribution in [2.24, 2.45) is 0 Å². The van der Waals surface area contributed by atoms with Gasteiger partial charge in [0.15, 0.2) is 0 Å². The maximum absolute atomic E-state index is 12.4. The number of nitrogens with zero attached hydrogens (tertiary/aromatic N) is 1. The minimum Gasteiger partial charge on any atom is -0.397 e. The molecule has 0 unspecified atom stereocenters. The van der Waals surface area contributed by atoms with Crippen LogP contribution in [0.5, 0.6) is 0 Å². The largest absolute Gasteiger partial charge is 0.397 e. The van der Waals surface area contributed by atoms with E-state index in [0.717, 1.165) is 16.8 Å². The molecular weight excluding hydrogens is 250 g/mol. The Hall–Kier alpha value is -2.23. The predicted octanol–water partition coefficient (Wildman–Crippen LogP) is 3.52. The molecule has 1 amide bonds. The molecule has 0 aliphatic carbocycles. The lowest BCUT2D eigenvalue weighted by atomic mass is 10.1. The Balaban J connectivity index is 2.31. The lowest BCUT2D eigenvalue weighted by Crippen LogP contribution is -2.18. The van der Waals surface area contributed by atoms with Crippen molar-refractivity contribution in [3.05, 3.63) is 47.3 Å². The van der Waals surface area contributed by atoms with Crippen LogP contribution in [0.15, 0.2) is 30.5 Å². The van der Waals surface area contributed by atoms with E-state index in [1.807, 2.05) is 50.5 Å². The van der Waals surface area contributed by atoms with Gasteiger partial charge < -0.3 is 15.6 Å². The summed E-state index contributed by atoms with van der Waals surface area (Å²) in [7, 11) is 0. The third-order valence-corrected chi connectivity index (χ3v) is 3.51. The van der Waals surface area contributed by atoms with Gasteiger partial charge in [-0.1, -0.05) is 12.1 Å². The first-order valence-electron chi connectivity index (χ1n) is 6.75. The smallest absolute Gasteiger partial charge is 0.272 e. The number of carbonyl (C=O) groups excluding carboxylic acids is 1. The van der Waals surface area contributed by atoms with Gasteiger partial charge in [0.25, 0.3) is 5.91 Å². The molecule has 4 heteroatoms. The molecule has 1 heterocycles. The van der Waals surface area contributed by atoms with E-state index in [1.54, 1.807) is 12.3 Å². The zero-order valence-corrected chi connectivity index (χ0v) is 12.4. The van der Waals surface area contributed by atoms with Crippen molar-refractivity contribution in [1.29, 1.82) is 0 Å². The number of nitrogens with one attached hydrogen (secondary N) is 1. The average Bonchev–Trinajstić information content (AvgIpc) is 2.77. The van der Waals surface area contributed by atoms with Crippen LogP contribution in [0.25, 0.3) is 0 Å². The second kappa shape index (κ2) is 5.41. The molecule has 20 heavy (non-hydrogen) atoms. The maximum atomic E-state index is 12.4. The summed E-state index contributed by atoms with van der Waals surface area (Å²) in [4.78, 5) is 12.4. The van der Waals surface area contributed by atoms with Crippen LogP contribution in [0.3, 0.4) is 0 Å². The zero-order valence-electron chi connectivity index (χ0n) is 12.4. The van der Waals surface area contributed by atoms with Crippen molar-refractivity contribution in [2.45, 2.75) is 33.7 Å². The molecule has 0 radical (unpaired) electrons. The lowest BCUT2D eigenvalue weighted by Gasteiger charge is -2.14. The van der Waals surface area contributed by atoms with E-state index in [9.17, 15) is 4.79 Å². The molecule has 0 aliphatic rings. The van der Waals surface area contributed by atoms with E-state index >= 15 is 0 Å². The molecule has 106 valence electrons. The number of hydrogen-bond donors (Lipinski definition) is 2. The van der Waals surface area contributed by atoms with E-state index in [2.05, 4.69) is 5.32 Å². The van der Waals surface area contributed by atoms with E-state index < -0.39 is 0 Å². The molecule has 0 aliphatic heterocycles. The normalized spacial score (nSPS) is 10.8. The van der Waals surface area contributed by atoms with E-state index in [4.69, 9.17) is 5.73 Å². The fourth-order valence-corrected chi connectivity index (χ4v) is 2.18. The number of hydrogen-bond acceptors (Lipinski definition) is 2. The summed E-state index contributed by atoms with van der Waals surface area (Å²) in [6.45, 7) is 8.07. The minimum absolute atomic E-state index is 0.135. The number of aryl methyl sites for hydroxylation is 1. The summed E-state index contributed by atoms with van der Waals surface area (Å²) in [6, 6.07) is 7.77. The van der Waals surface area contributed by atoms with Gasteiger partial charge in [0, 0.05) is 17.9 Å². The molecule has 0 spiro atoms. The van der Waals surface area contributed by atoms with Gasteiger partial charge in [-0.3, -0.25) is 4.79 Å². The van der Waals surface area contributed by atoms with Crippen molar-refractivity contribution in [3.63, 3.8) is 0 Å². The van der Waals surface area contributed by atoms with Crippen molar-refractivity contribution >= 4 is 17.3 Å². The summed E-state index contributed by atoms with van der Waals surface area (Å²) in [6.07, 6.45) is 1.79. The number of nitrogen functional groups attached to an aromatic ring is 1. The average molecular weight is 271 g/mol. The second-order valence-corrected chi connectivity index (χ2v) is 5.36. The zero-order chi connectivity index (χ0) is 14.9. The maximum Gasteiger partial charge on any atom is 0.272 e. The number of carbonyl (C=O) groups is 1. The number of benzene rings is 1. The number of nitrogens with two attached hydrogens (primary N) is 1. The molecule has 2 rings (SSSR count). The molecule has 0 atom stereocenters. The molecule has 0 bridgehead atoms. The highest BCUT2D eigenvalue weighted by atomic mass is 16.1. The van der Waals surface area contributed by atoms with Crippen LogP contribution in [0.1, 0.15) is 41.5 Å². The first-order valence-corrected chi connectivity index (χ1v) is 6.75. The van der Waals surface area contributed by atoms with Crippen LogP contribution >= 0.6 is 0 Å². The topological polar surface area (TPSA) is 60.1 Å². The van der Waals surface area contributed by atoms with Gasteiger partial charge in [0.05, 0.1) is 5.69 Å². The highest BCUT2D eigenvalue weighted by molar-refractivity contribution is 6.04. The number of aromatic nitrogens is 1. The fourth-order valence-electron chi connectivity index (χ4n) is 2.18. The van der Waals surface area contributed by atoms with E-state index in [0.29, 0.717) is 11.4 Å². The Morgan fingerprint density at radius 1 is 1.30 bits per heavy atom. The van der Waals surface area contributed by atoms with Crippen molar-refractivity contribution in [1.82, 2.24) is 4.57 Å². The highest BCUT2D eigenvalue weighted by Gasteiger charge is 2.15. The van der Waals surface area contributed by atoms with Crippen LogP contribution in [0.4, 0.5) is 11.4 Å². The molecule has 0 saturated carbocycles. The Morgan fingerprint density at radius 3 is 2.65 bits per heavy atom. The summed E-state index contributed by atoms with van der Waals surface area (Å²) >= 11 is 0. The number of anilines is 2. The lowest BCUT2D eigenvalue weighted by molar-refractivity contribution is 0.101. The molecule has 3 N–H and O–H groups in total. The third-order valence-electron chi connectivity index (χ3n) is 3.51.